The molecule has 1 aliphatic rings. The maximum Gasteiger partial charge on any atom is 0.302 e. The van der Waals surface area contributed by atoms with E-state index in [-0.39, 0.29) is 12.0 Å². The highest BCUT2D eigenvalue weighted by molar-refractivity contribution is 5.81. The summed E-state index contributed by atoms with van der Waals surface area (Å²) in [4.78, 5) is 13.9. The predicted molar refractivity (Wildman–Crippen MR) is 124 cm³/mol. The molecule has 0 aromatic heterocycles. The number of carbonyl (C=O) groups is 1. The highest BCUT2D eigenvalue weighted by atomic mass is 16.5. The highest BCUT2D eigenvalue weighted by Crippen LogP contribution is 2.35. The van der Waals surface area contributed by atoms with Gasteiger partial charge in [-0.2, -0.15) is 0 Å². The van der Waals surface area contributed by atoms with Crippen molar-refractivity contribution in [2.75, 3.05) is 24.6 Å². The molecule has 30 heavy (non-hydrogen) atoms. The summed E-state index contributed by atoms with van der Waals surface area (Å²) < 4.78 is 7.78. The average Bonchev–Trinajstić information content (AvgIpc) is 3.20. The van der Waals surface area contributed by atoms with Crippen molar-refractivity contribution in [2.45, 2.75) is 58.9 Å². The molecule has 4 nitrogen and oxygen atoms in total. The number of rotatable bonds is 8. The van der Waals surface area contributed by atoms with E-state index in [1.54, 1.807) is 0 Å². The van der Waals surface area contributed by atoms with E-state index in [4.69, 9.17) is 4.74 Å². The van der Waals surface area contributed by atoms with Crippen LogP contribution in [0.2, 0.25) is 0 Å². The fraction of sp³-hybridized carbons (Fsp3) is 0.462. The molecule has 0 amide bonds. The Balaban J connectivity index is 1.92. The molecule has 1 atom stereocenters. The van der Waals surface area contributed by atoms with Crippen molar-refractivity contribution < 1.29 is 14.1 Å². The Hall–Kier alpha value is -2.62. The van der Waals surface area contributed by atoms with Crippen LogP contribution in [0.25, 0.3) is 0 Å². The molecule has 0 bridgehead atoms. The van der Waals surface area contributed by atoms with Crippen LogP contribution in [0, 0.1) is 0 Å². The van der Waals surface area contributed by atoms with Crippen LogP contribution >= 0.6 is 0 Å². The Kier molecular flexibility index (Phi) is 7.30. The Morgan fingerprint density at radius 2 is 1.63 bits per heavy atom. The van der Waals surface area contributed by atoms with E-state index < -0.39 is 0 Å². The molecule has 160 valence electrons. The van der Waals surface area contributed by atoms with Gasteiger partial charge in [-0.05, 0) is 17.4 Å². The number of hydrogen-bond donors (Lipinski definition) is 0. The zero-order chi connectivity index (χ0) is 21.7. The second-order valence-electron chi connectivity index (χ2n) is 8.79. The van der Waals surface area contributed by atoms with Crippen molar-refractivity contribution in [3.8, 4) is 0 Å². The molecule has 0 saturated heterocycles. The minimum atomic E-state index is -0.226. The smallest absolute Gasteiger partial charge is 0.302 e. The highest BCUT2D eigenvalue weighted by Gasteiger charge is 2.31. The molecule has 0 fully saturated rings. The van der Waals surface area contributed by atoms with Crippen molar-refractivity contribution in [1.29, 1.82) is 0 Å². The third kappa shape index (κ3) is 5.29. The molecule has 0 unspecified atom stereocenters. The summed E-state index contributed by atoms with van der Waals surface area (Å²) in [6.45, 7) is 12.8. The lowest BCUT2D eigenvalue weighted by Gasteiger charge is -2.21. The van der Waals surface area contributed by atoms with Gasteiger partial charge in [-0.25, -0.2) is 4.90 Å². The summed E-state index contributed by atoms with van der Waals surface area (Å²) in [5.74, 6) is 0.695. The minimum absolute atomic E-state index is 0.120. The minimum Gasteiger partial charge on any atom is -0.461 e. The van der Waals surface area contributed by atoms with Gasteiger partial charge in [0.25, 0.3) is 0 Å². The van der Waals surface area contributed by atoms with Crippen LogP contribution < -0.4 is 4.90 Å². The lowest BCUT2D eigenvalue weighted by atomic mass is 9.92. The number of carbonyl (C=O) groups excluding carboxylic acids is 1. The van der Waals surface area contributed by atoms with Gasteiger partial charge < -0.3 is 4.74 Å². The van der Waals surface area contributed by atoms with E-state index in [9.17, 15) is 4.79 Å². The normalized spacial score (nSPS) is 14.9. The molecule has 0 radical (unpaired) electrons. The van der Waals surface area contributed by atoms with Crippen LogP contribution in [-0.2, 0) is 16.0 Å². The van der Waals surface area contributed by atoms with E-state index in [1.165, 1.54) is 29.3 Å². The fourth-order valence-corrected chi connectivity index (χ4v) is 4.18. The van der Waals surface area contributed by atoms with Gasteiger partial charge in [-0.15, -0.1) is 0 Å². The summed E-state index contributed by atoms with van der Waals surface area (Å²) in [6, 6.07) is 17.2. The van der Waals surface area contributed by atoms with Gasteiger partial charge in [-0.1, -0.05) is 76.2 Å². The summed E-state index contributed by atoms with van der Waals surface area (Å²) in [5.41, 5.74) is 5.38. The van der Waals surface area contributed by atoms with Gasteiger partial charge in [0, 0.05) is 24.5 Å². The largest absolute Gasteiger partial charge is 0.461 e. The molecule has 3 rings (SSSR count). The van der Waals surface area contributed by atoms with Crippen LogP contribution in [0.4, 0.5) is 5.69 Å². The standard InChI is InChI=1S/C26H35N2O2/c1-19(2)24-12-9-13-25(20(3)4)26(24)28-15-14-27(18-28)23(17-30-21(5)29)16-22-10-7-6-8-11-22/h6-13,18-20,23H,14-17H2,1-5H3/q+1/t23-/m0/s1. The second-order valence-corrected chi connectivity index (χ2v) is 8.79. The SMILES string of the molecule is CC(=O)OC[C@H](Cc1ccccc1)[N+]1=CN(c2c(C(C)C)cccc2C(C)C)CC1. The first-order valence-corrected chi connectivity index (χ1v) is 11.0. The van der Waals surface area contributed by atoms with E-state index in [1.807, 2.05) is 6.07 Å². The Labute approximate surface area is 181 Å². The monoisotopic (exact) mass is 407 g/mol. The molecular formula is C26H35N2O2+. The molecule has 2 aromatic carbocycles. The van der Waals surface area contributed by atoms with E-state index in [2.05, 4.69) is 86.0 Å². The summed E-state index contributed by atoms with van der Waals surface area (Å²) in [5, 5.41) is 0. The van der Waals surface area contributed by atoms with Crippen LogP contribution in [-0.4, -0.2) is 42.6 Å². The van der Waals surface area contributed by atoms with E-state index in [0.29, 0.717) is 18.4 Å². The lowest BCUT2D eigenvalue weighted by molar-refractivity contribution is -0.555. The van der Waals surface area contributed by atoms with E-state index in [0.717, 1.165) is 19.5 Å². The van der Waals surface area contributed by atoms with Crippen molar-refractivity contribution in [2.24, 2.45) is 0 Å². The number of ether oxygens (including phenoxy) is 1. The summed E-state index contributed by atoms with van der Waals surface area (Å²) in [6.07, 6.45) is 3.09. The Morgan fingerprint density at radius 1 is 1.00 bits per heavy atom. The van der Waals surface area contributed by atoms with Gasteiger partial charge in [0.2, 0.25) is 6.34 Å². The topological polar surface area (TPSA) is 32.6 Å². The maximum atomic E-state index is 11.5. The lowest BCUT2D eigenvalue weighted by Crippen LogP contribution is -2.33. The number of esters is 1. The van der Waals surface area contributed by atoms with Crippen molar-refractivity contribution >= 4 is 18.0 Å². The van der Waals surface area contributed by atoms with Crippen molar-refractivity contribution in [3.63, 3.8) is 0 Å². The average molecular weight is 408 g/mol. The van der Waals surface area contributed by atoms with Crippen LogP contribution in [0.5, 0.6) is 0 Å². The van der Waals surface area contributed by atoms with Crippen LogP contribution in [0.3, 0.4) is 0 Å². The first-order valence-electron chi connectivity index (χ1n) is 11.0. The fourth-order valence-electron chi connectivity index (χ4n) is 4.18. The Morgan fingerprint density at radius 3 is 2.20 bits per heavy atom. The molecular weight excluding hydrogens is 372 g/mol. The quantitative estimate of drug-likeness (QED) is 0.458. The molecule has 1 heterocycles. The molecule has 0 N–H and O–H groups in total. The van der Waals surface area contributed by atoms with Crippen LogP contribution in [0.1, 0.15) is 63.1 Å². The summed E-state index contributed by atoms with van der Waals surface area (Å²) >= 11 is 0. The van der Waals surface area contributed by atoms with E-state index >= 15 is 0 Å². The van der Waals surface area contributed by atoms with Gasteiger partial charge >= 0.3 is 5.97 Å². The second kappa shape index (κ2) is 9.92. The molecule has 4 heteroatoms. The van der Waals surface area contributed by atoms with Gasteiger partial charge in [0.05, 0.1) is 0 Å². The first kappa shape index (κ1) is 22.1. The molecule has 0 saturated carbocycles. The molecule has 0 spiro atoms. The third-order valence-corrected chi connectivity index (χ3v) is 5.78. The van der Waals surface area contributed by atoms with Gasteiger partial charge in [0.15, 0.2) is 0 Å². The number of para-hydroxylation sites is 1. The number of benzene rings is 2. The number of nitrogens with zero attached hydrogens (tertiary/aromatic N) is 2. The maximum absolute atomic E-state index is 11.5. The molecule has 0 aliphatic carbocycles. The zero-order valence-electron chi connectivity index (χ0n) is 19.0. The predicted octanol–water partition coefficient (Wildman–Crippen LogP) is 4.97. The zero-order valence-corrected chi connectivity index (χ0v) is 19.0. The number of anilines is 1. The first-order chi connectivity index (χ1) is 14.4. The molecule has 2 aromatic rings. The van der Waals surface area contributed by atoms with Gasteiger partial charge in [0.1, 0.15) is 31.4 Å². The van der Waals surface area contributed by atoms with Crippen LogP contribution in [0.15, 0.2) is 48.5 Å². The van der Waals surface area contributed by atoms with Gasteiger partial charge in [-0.3, -0.25) is 9.37 Å². The Bertz CT molecular complexity index is 861. The third-order valence-electron chi connectivity index (χ3n) is 5.78. The molecule has 1 aliphatic heterocycles. The number of hydrogen-bond acceptors (Lipinski definition) is 3. The summed E-state index contributed by atoms with van der Waals surface area (Å²) in [7, 11) is 0. The van der Waals surface area contributed by atoms with Crippen molar-refractivity contribution in [1.82, 2.24) is 0 Å². The van der Waals surface area contributed by atoms with Crippen molar-refractivity contribution in [3.05, 3.63) is 65.2 Å².